The molecule has 0 saturated carbocycles. The first-order chi connectivity index (χ1) is 14.0. The Balaban J connectivity index is 1.77. The second kappa shape index (κ2) is 10.1. The van der Waals surface area contributed by atoms with E-state index < -0.39 is 16.1 Å². The summed E-state index contributed by atoms with van der Waals surface area (Å²) in [4.78, 5) is 12.7. The molecule has 1 N–H and O–H groups in total. The van der Waals surface area contributed by atoms with Gasteiger partial charge in [-0.2, -0.15) is 4.31 Å². The lowest BCUT2D eigenvalue weighted by atomic mass is 10.1. The highest BCUT2D eigenvalue weighted by Gasteiger charge is 2.36. The van der Waals surface area contributed by atoms with Gasteiger partial charge in [0.05, 0.1) is 11.5 Å². The molecule has 0 radical (unpaired) electrons. The van der Waals surface area contributed by atoms with Crippen LogP contribution in [0.1, 0.15) is 25.7 Å². The monoisotopic (exact) mass is 436 g/mol. The Bertz CT molecular complexity index is 904. The Morgan fingerprint density at radius 1 is 1.07 bits per heavy atom. The molecule has 0 bridgehead atoms. The largest absolute Gasteiger partial charge is 0.494 e. The van der Waals surface area contributed by atoms with Crippen LogP contribution in [-0.2, 0) is 14.8 Å². The number of amides is 1. The van der Waals surface area contributed by atoms with Crippen LogP contribution >= 0.6 is 11.6 Å². The van der Waals surface area contributed by atoms with Crippen molar-refractivity contribution >= 4 is 27.5 Å². The smallest absolute Gasteiger partial charge is 0.243 e. The minimum atomic E-state index is -3.85. The first kappa shape index (κ1) is 21.6. The van der Waals surface area contributed by atoms with Crippen LogP contribution in [0, 0.1) is 0 Å². The molecule has 1 amide bonds. The molecule has 0 spiro atoms. The van der Waals surface area contributed by atoms with Crippen LogP contribution in [-0.4, -0.2) is 44.4 Å². The van der Waals surface area contributed by atoms with Gasteiger partial charge in [0.2, 0.25) is 15.9 Å². The van der Waals surface area contributed by atoms with Gasteiger partial charge in [0.25, 0.3) is 0 Å². The van der Waals surface area contributed by atoms with Gasteiger partial charge in [0.1, 0.15) is 11.8 Å². The summed E-state index contributed by atoms with van der Waals surface area (Å²) in [5.74, 6) is 0.482. The van der Waals surface area contributed by atoms with E-state index in [9.17, 15) is 13.2 Å². The maximum atomic E-state index is 13.3. The second-order valence-electron chi connectivity index (χ2n) is 6.89. The van der Waals surface area contributed by atoms with Crippen LogP contribution in [0.4, 0.5) is 0 Å². The van der Waals surface area contributed by atoms with Gasteiger partial charge >= 0.3 is 0 Å². The molecular weight excluding hydrogens is 412 g/mol. The van der Waals surface area contributed by atoms with E-state index in [2.05, 4.69) is 5.32 Å². The highest BCUT2D eigenvalue weighted by atomic mass is 35.5. The Labute approximate surface area is 176 Å². The fourth-order valence-corrected chi connectivity index (χ4v) is 5.09. The minimum absolute atomic E-state index is 0.128. The second-order valence-corrected chi connectivity index (χ2v) is 9.21. The summed E-state index contributed by atoms with van der Waals surface area (Å²) in [5.41, 5.74) is 0. The molecule has 29 heavy (non-hydrogen) atoms. The lowest BCUT2D eigenvalue weighted by Gasteiger charge is -2.29. The Morgan fingerprint density at radius 3 is 2.52 bits per heavy atom. The quantitative estimate of drug-likeness (QED) is 0.643. The number of nitrogens with zero attached hydrogens (tertiary/aromatic N) is 1. The van der Waals surface area contributed by atoms with E-state index in [0.29, 0.717) is 31.0 Å². The van der Waals surface area contributed by atoms with E-state index >= 15 is 0 Å². The zero-order valence-electron chi connectivity index (χ0n) is 16.1. The number of carbonyl (C=O) groups excluding carboxylic acids is 1. The predicted molar refractivity (Wildman–Crippen MR) is 113 cm³/mol. The lowest BCUT2D eigenvalue weighted by molar-refractivity contribution is -0.124. The number of hydrogen-bond acceptors (Lipinski definition) is 4. The number of para-hydroxylation sites is 1. The zero-order chi connectivity index (χ0) is 20.7. The van der Waals surface area contributed by atoms with Crippen LogP contribution in [0.3, 0.4) is 0 Å². The summed E-state index contributed by atoms with van der Waals surface area (Å²) in [5, 5.41) is 3.28. The van der Waals surface area contributed by atoms with Crippen molar-refractivity contribution in [2.75, 3.05) is 19.7 Å². The van der Waals surface area contributed by atoms with Gasteiger partial charge in [0.15, 0.2) is 0 Å². The topological polar surface area (TPSA) is 75.7 Å². The third kappa shape index (κ3) is 5.72. The maximum Gasteiger partial charge on any atom is 0.243 e. The summed E-state index contributed by atoms with van der Waals surface area (Å²) in [6, 6.07) is 14.6. The number of ether oxygens (including phenoxy) is 1. The van der Waals surface area contributed by atoms with E-state index in [1.54, 1.807) is 0 Å². The Hall–Kier alpha value is -2.09. The first-order valence-electron chi connectivity index (χ1n) is 9.71. The average molecular weight is 437 g/mol. The highest BCUT2D eigenvalue weighted by molar-refractivity contribution is 7.89. The van der Waals surface area contributed by atoms with E-state index in [1.165, 1.54) is 28.6 Å². The first-order valence-corrected chi connectivity index (χ1v) is 11.5. The third-order valence-corrected chi connectivity index (χ3v) is 6.98. The SMILES string of the molecule is O=C1NCCCCC1N(CCCOc1ccccc1)S(=O)(=O)c1ccc(Cl)cc1. The standard InChI is InChI=1S/C21H25ClN2O4S/c22-17-10-12-19(13-11-17)29(26,27)24(20-9-4-5-14-23-21(20)25)15-6-16-28-18-7-2-1-3-8-18/h1-3,7-8,10-13,20H,4-6,9,14-16H2,(H,23,25). The van der Waals surface area contributed by atoms with Gasteiger partial charge in [-0.3, -0.25) is 4.79 Å². The van der Waals surface area contributed by atoms with Crippen molar-refractivity contribution in [1.82, 2.24) is 9.62 Å². The molecule has 1 saturated heterocycles. The Kier molecular flexibility index (Phi) is 7.52. The fraction of sp³-hybridized carbons (Fsp3) is 0.381. The van der Waals surface area contributed by atoms with Gasteiger partial charge in [-0.15, -0.1) is 0 Å². The molecule has 1 aliphatic heterocycles. The van der Waals surface area contributed by atoms with E-state index in [0.717, 1.165) is 18.6 Å². The summed E-state index contributed by atoms with van der Waals surface area (Å²) in [6.45, 7) is 1.11. The van der Waals surface area contributed by atoms with Crippen LogP contribution in [0.5, 0.6) is 5.75 Å². The van der Waals surface area contributed by atoms with E-state index in [4.69, 9.17) is 16.3 Å². The van der Waals surface area contributed by atoms with E-state index in [1.807, 2.05) is 30.3 Å². The molecule has 6 nitrogen and oxygen atoms in total. The van der Waals surface area contributed by atoms with Crippen molar-refractivity contribution in [3.8, 4) is 5.75 Å². The van der Waals surface area contributed by atoms with Crippen LogP contribution < -0.4 is 10.1 Å². The molecule has 1 atom stereocenters. The van der Waals surface area contributed by atoms with Crippen molar-refractivity contribution in [3.63, 3.8) is 0 Å². The van der Waals surface area contributed by atoms with Gasteiger partial charge < -0.3 is 10.1 Å². The number of nitrogens with one attached hydrogen (secondary N) is 1. The maximum absolute atomic E-state index is 13.3. The molecule has 156 valence electrons. The minimum Gasteiger partial charge on any atom is -0.494 e. The molecule has 3 rings (SSSR count). The normalized spacial score (nSPS) is 17.6. The van der Waals surface area contributed by atoms with Crippen LogP contribution in [0.25, 0.3) is 0 Å². The van der Waals surface area contributed by atoms with Crippen molar-refractivity contribution in [1.29, 1.82) is 0 Å². The molecule has 2 aromatic rings. The number of rotatable bonds is 8. The van der Waals surface area contributed by atoms with Crippen molar-refractivity contribution < 1.29 is 17.9 Å². The van der Waals surface area contributed by atoms with E-state index in [-0.39, 0.29) is 17.3 Å². The number of sulfonamides is 1. The molecule has 1 aliphatic rings. The molecular formula is C21H25ClN2O4S. The highest BCUT2D eigenvalue weighted by Crippen LogP contribution is 2.24. The van der Waals surface area contributed by atoms with Gasteiger partial charge in [-0.1, -0.05) is 29.8 Å². The molecule has 8 heteroatoms. The Morgan fingerprint density at radius 2 is 1.79 bits per heavy atom. The molecule has 2 aromatic carbocycles. The zero-order valence-corrected chi connectivity index (χ0v) is 17.7. The van der Waals surface area contributed by atoms with Gasteiger partial charge in [-0.05, 0) is 62.1 Å². The van der Waals surface area contributed by atoms with Crippen molar-refractivity contribution in [2.24, 2.45) is 0 Å². The number of halogens is 1. The van der Waals surface area contributed by atoms with Gasteiger partial charge in [-0.25, -0.2) is 8.42 Å². The summed E-state index contributed by atoms with van der Waals surface area (Å²) >= 11 is 5.91. The molecule has 1 unspecified atom stereocenters. The molecule has 0 aliphatic carbocycles. The van der Waals surface area contributed by atoms with Crippen molar-refractivity contribution in [3.05, 3.63) is 59.6 Å². The summed E-state index contributed by atoms with van der Waals surface area (Å²) < 4.78 is 33.7. The third-order valence-electron chi connectivity index (χ3n) is 4.81. The predicted octanol–water partition coefficient (Wildman–Crippen LogP) is 3.47. The fourth-order valence-electron chi connectivity index (χ4n) is 3.31. The van der Waals surface area contributed by atoms with Gasteiger partial charge in [0, 0.05) is 18.1 Å². The number of benzene rings is 2. The summed E-state index contributed by atoms with van der Waals surface area (Å²) in [6.07, 6.45) is 2.59. The lowest BCUT2D eigenvalue weighted by Crippen LogP contribution is -2.49. The molecule has 0 aromatic heterocycles. The van der Waals surface area contributed by atoms with Crippen LogP contribution in [0.2, 0.25) is 5.02 Å². The molecule has 1 fully saturated rings. The average Bonchev–Trinajstić information content (AvgIpc) is 2.93. The van der Waals surface area contributed by atoms with Crippen molar-refractivity contribution in [2.45, 2.75) is 36.6 Å². The number of hydrogen-bond donors (Lipinski definition) is 1. The number of carbonyl (C=O) groups is 1. The molecule has 1 heterocycles. The summed E-state index contributed by atoms with van der Waals surface area (Å²) in [7, 11) is -3.85. The van der Waals surface area contributed by atoms with Crippen LogP contribution in [0.15, 0.2) is 59.5 Å².